The van der Waals surface area contributed by atoms with Gasteiger partial charge in [-0.25, -0.2) is 0 Å². The van der Waals surface area contributed by atoms with Crippen LogP contribution in [-0.4, -0.2) is 52.7 Å². The van der Waals surface area contributed by atoms with Crippen molar-refractivity contribution in [3.8, 4) is 11.5 Å². The number of rotatable bonds is 5. The molecule has 186 valence electrons. The number of carbonyl (C=O) groups excluding carboxylic acids is 3. The number of ether oxygens (including phenoxy) is 2. The molecule has 0 bridgehead atoms. The van der Waals surface area contributed by atoms with Gasteiger partial charge < -0.3 is 25.0 Å². The van der Waals surface area contributed by atoms with Crippen LogP contribution in [0.2, 0.25) is 0 Å². The number of likely N-dealkylation sites (tertiary alicyclic amines) is 1. The molecule has 36 heavy (non-hydrogen) atoms. The van der Waals surface area contributed by atoms with E-state index in [0.717, 1.165) is 28.2 Å². The zero-order valence-electron chi connectivity index (χ0n) is 19.9. The minimum Gasteiger partial charge on any atom is -0.454 e. The average molecular weight is 508 g/mol. The molecule has 1 atom stereocenters. The maximum Gasteiger partial charge on any atom is 0.286 e. The van der Waals surface area contributed by atoms with Crippen LogP contribution in [0.15, 0.2) is 36.4 Å². The molecule has 2 aliphatic rings. The van der Waals surface area contributed by atoms with Crippen LogP contribution in [0.25, 0.3) is 0 Å². The Morgan fingerprint density at radius 3 is 2.69 bits per heavy atom. The molecule has 3 amide bonds. The Kier molecular flexibility index (Phi) is 6.55. The van der Waals surface area contributed by atoms with Gasteiger partial charge in [0.05, 0.1) is 5.92 Å². The highest BCUT2D eigenvalue weighted by Gasteiger charge is 2.31. The molecule has 0 spiro atoms. The second-order valence-corrected chi connectivity index (χ2v) is 9.74. The SMILES string of the molecule is Cc1cccc(NC(=O)[C@H]2CCCN(C(=O)c3nnc(C(=O)Nc4ccc5c(c4)OCO5)s3)C2)c1C. The minimum absolute atomic E-state index is 0.0669. The topological polar surface area (TPSA) is 123 Å². The average Bonchev–Trinajstić information content (AvgIpc) is 3.56. The van der Waals surface area contributed by atoms with Crippen molar-refractivity contribution in [1.82, 2.24) is 15.1 Å². The number of piperidine rings is 1. The Labute approximate surface area is 211 Å². The van der Waals surface area contributed by atoms with Gasteiger partial charge in [0.15, 0.2) is 11.5 Å². The summed E-state index contributed by atoms with van der Waals surface area (Å²) < 4.78 is 10.6. The molecule has 11 heteroatoms. The Morgan fingerprint density at radius 2 is 1.83 bits per heavy atom. The summed E-state index contributed by atoms with van der Waals surface area (Å²) in [5.41, 5.74) is 3.42. The summed E-state index contributed by atoms with van der Waals surface area (Å²) in [4.78, 5) is 40.3. The fraction of sp³-hybridized carbons (Fsp3) is 0.320. The number of nitrogens with zero attached hydrogens (tertiary/aromatic N) is 3. The van der Waals surface area contributed by atoms with E-state index in [1.807, 2.05) is 32.0 Å². The highest BCUT2D eigenvalue weighted by atomic mass is 32.1. The summed E-state index contributed by atoms with van der Waals surface area (Å²) in [7, 11) is 0. The molecular weight excluding hydrogens is 482 g/mol. The van der Waals surface area contributed by atoms with Crippen molar-refractivity contribution in [1.29, 1.82) is 0 Å². The molecular formula is C25H25N5O5S. The van der Waals surface area contributed by atoms with Gasteiger partial charge in [0.2, 0.25) is 22.7 Å². The molecule has 3 heterocycles. The van der Waals surface area contributed by atoms with Crippen molar-refractivity contribution in [2.75, 3.05) is 30.5 Å². The van der Waals surface area contributed by atoms with Crippen molar-refractivity contribution in [2.24, 2.45) is 5.92 Å². The van der Waals surface area contributed by atoms with E-state index >= 15 is 0 Å². The van der Waals surface area contributed by atoms with Crippen molar-refractivity contribution in [2.45, 2.75) is 26.7 Å². The maximum absolute atomic E-state index is 13.1. The first-order chi connectivity index (χ1) is 17.4. The Balaban J connectivity index is 1.21. The number of aryl methyl sites for hydroxylation is 1. The molecule has 0 aliphatic carbocycles. The lowest BCUT2D eigenvalue weighted by Crippen LogP contribution is -2.43. The monoisotopic (exact) mass is 507 g/mol. The molecule has 0 unspecified atom stereocenters. The number of aromatic nitrogens is 2. The van der Waals surface area contributed by atoms with E-state index in [-0.39, 0.29) is 41.1 Å². The van der Waals surface area contributed by atoms with E-state index in [9.17, 15) is 14.4 Å². The van der Waals surface area contributed by atoms with Crippen molar-refractivity contribution >= 4 is 40.4 Å². The van der Waals surface area contributed by atoms with Crippen molar-refractivity contribution < 1.29 is 23.9 Å². The van der Waals surface area contributed by atoms with Crippen LogP contribution in [0.3, 0.4) is 0 Å². The van der Waals surface area contributed by atoms with E-state index < -0.39 is 5.91 Å². The summed E-state index contributed by atoms with van der Waals surface area (Å²) in [6.45, 7) is 4.91. The zero-order chi connectivity index (χ0) is 25.2. The van der Waals surface area contributed by atoms with Gasteiger partial charge in [0, 0.05) is 30.5 Å². The fourth-order valence-corrected chi connectivity index (χ4v) is 4.90. The van der Waals surface area contributed by atoms with Gasteiger partial charge in [-0.2, -0.15) is 0 Å². The third-order valence-electron chi connectivity index (χ3n) is 6.37. The standard InChI is InChI=1S/C25H25N5O5S/c1-14-5-3-7-18(15(14)2)27-21(31)16-6-4-10-30(12-16)25(33)24-29-28-23(36-24)22(32)26-17-8-9-19-20(11-17)35-13-34-19/h3,5,7-9,11,16H,4,6,10,12-13H2,1-2H3,(H,26,32)(H,27,31)/t16-/m0/s1. The van der Waals surface area contributed by atoms with Crippen molar-refractivity contribution in [3.05, 3.63) is 57.5 Å². The molecule has 1 fully saturated rings. The molecule has 2 aliphatic heterocycles. The van der Waals surface area contributed by atoms with E-state index in [1.54, 1.807) is 23.1 Å². The van der Waals surface area contributed by atoms with Gasteiger partial charge in [-0.3, -0.25) is 14.4 Å². The number of hydrogen-bond acceptors (Lipinski definition) is 8. The number of anilines is 2. The minimum atomic E-state index is -0.477. The molecule has 1 aromatic heterocycles. The summed E-state index contributed by atoms with van der Waals surface area (Å²) >= 11 is 0.921. The molecule has 2 aromatic carbocycles. The zero-order valence-corrected chi connectivity index (χ0v) is 20.7. The number of benzene rings is 2. The molecule has 2 N–H and O–H groups in total. The summed E-state index contributed by atoms with van der Waals surface area (Å²) in [6.07, 6.45) is 1.40. The number of carbonyl (C=O) groups is 3. The van der Waals surface area contributed by atoms with Crippen LogP contribution in [0.1, 0.15) is 43.6 Å². The second-order valence-electron chi connectivity index (χ2n) is 8.76. The van der Waals surface area contributed by atoms with E-state index in [1.165, 1.54) is 0 Å². The van der Waals surface area contributed by atoms with Gasteiger partial charge in [-0.05, 0) is 56.0 Å². The lowest BCUT2D eigenvalue weighted by atomic mass is 9.96. The Morgan fingerprint density at radius 1 is 1.03 bits per heavy atom. The molecule has 0 saturated carbocycles. The van der Waals surface area contributed by atoms with Crippen LogP contribution in [-0.2, 0) is 4.79 Å². The van der Waals surface area contributed by atoms with Gasteiger partial charge >= 0.3 is 0 Å². The Bertz CT molecular complexity index is 1340. The predicted molar refractivity (Wildman–Crippen MR) is 134 cm³/mol. The lowest BCUT2D eigenvalue weighted by Gasteiger charge is -2.31. The van der Waals surface area contributed by atoms with Gasteiger partial charge in [0.25, 0.3) is 11.8 Å². The third kappa shape index (κ3) is 4.87. The van der Waals surface area contributed by atoms with E-state index in [0.29, 0.717) is 36.6 Å². The summed E-state index contributed by atoms with van der Waals surface area (Å²) in [5, 5.41) is 13.8. The quantitative estimate of drug-likeness (QED) is 0.541. The van der Waals surface area contributed by atoms with Crippen molar-refractivity contribution in [3.63, 3.8) is 0 Å². The maximum atomic E-state index is 13.1. The first-order valence-electron chi connectivity index (χ1n) is 11.6. The molecule has 5 rings (SSSR count). The first kappa shape index (κ1) is 23.7. The van der Waals surface area contributed by atoms with E-state index in [2.05, 4.69) is 20.8 Å². The van der Waals surface area contributed by atoms with Gasteiger partial charge in [-0.1, -0.05) is 23.5 Å². The third-order valence-corrected chi connectivity index (χ3v) is 7.28. The normalized spacial score (nSPS) is 16.5. The predicted octanol–water partition coefficient (Wildman–Crippen LogP) is 3.63. The van der Waals surface area contributed by atoms with Crippen LogP contribution in [0.5, 0.6) is 11.5 Å². The number of nitrogens with one attached hydrogen (secondary N) is 2. The van der Waals surface area contributed by atoms with E-state index in [4.69, 9.17) is 9.47 Å². The Hall–Kier alpha value is -3.99. The first-order valence-corrected chi connectivity index (χ1v) is 12.4. The van der Waals surface area contributed by atoms with Crippen LogP contribution < -0.4 is 20.1 Å². The van der Waals surface area contributed by atoms with Crippen LogP contribution in [0, 0.1) is 19.8 Å². The lowest BCUT2D eigenvalue weighted by molar-refractivity contribution is -0.121. The smallest absolute Gasteiger partial charge is 0.286 e. The largest absolute Gasteiger partial charge is 0.454 e. The molecule has 10 nitrogen and oxygen atoms in total. The number of hydrogen-bond donors (Lipinski definition) is 2. The van der Waals surface area contributed by atoms with Gasteiger partial charge in [-0.15, -0.1) is 10.2 Å². The van der Waals surface area contributed by atoms with Crippen LogP contribution >= 0.6 is 11.3 Å². The second kappa shape index (κ2) is 9.94. The molecule has 0 radical (unpaired) electrons. The van der Waals surface area contributed by atoms with Gasteiger partial charge in [0.1, 0.15) is 0 Å². The number of fused-ring (bicyclic) bond motifs is 1. The summed E-state index contributed by atoms with van der Waals surface area (Å²) in [6, 6.07) is 10.8. The highest BCUT2D eigenvalue weighted by Crippen LogP contribution is 2.34. The highest BCUT2D eigenvalue weighted by molar-refractivity contribution is 7.15. The molecule has 3 aromatic rings. The molecule has 1 saturated heterocycles. The summed E-state index contributed by atoms with van der Waals surface area (Å²) in [5.74, 6) is -0.0956. The fourth-order valence-electron chi connectivity index (χ4n) is 4.19. The van der Waals surface area contributed by atoms with Crippen LogP contribution in [0.4, 0.5) is 11.4 Å². The number of amides is 3.